The van der Waals surface area contributed by atoms with Crippen molar-refractivity contribution in [1.29, 1.82) is 0 Å². The SMILES string of the molecule is NO.[Cu].[O]=[Cr](=[O])([OH])[OH]. The summed E-state index contributed by atoms with van der Waals surface area (Å²) in [6.07, 6.45) is 0. The Labute approximate surface area is 58.1 Å². The normalized spacial score (nSPS) is 8.00. The second-order valence-corrected chi connectivity index (χ2v) is 1.85. The Morgan fingerprint density at radius 1 is 1.12 bits per heavy atom. The Morgan fingerprint density at radius 3 is 1.12 bits per heavy atom. The van der Waals surface area contributed by atoms with Gasteiger partial charge in [-0.1, -0.05) is 0 Å². The van der Waals surface area contributed by atoms with Gasteiger partial charge in [-0.15, -0.1) is 0 Å². The molecule has 0 bridgehead atoms. The third-order valence-corrected chi connectivity index (χ3v) is 0. The Hall–Kier alpha value is 0.492. The van der Waals surface area contributed by atoms with Crippen molar-refractivity contribution in [3.63, 3.8) is 0 Å². The van der Waals surface area contributed by atoms with Gasteiger partial charge in [-0.2, -0.15) is 0 Å². The van der Waals surface area contributed by atoms with Gasteiger partial charge in [0.1, 0.15) is 0 Å². The van der Waals surface area contributed by atoms with Gasteiger partial charge in [0, 0.05) is 17.1 Å². The molecule has 0 saturated heterocycles. The molecule has 6 nitrogen and oxygen atoms in total. The Balaban J connectivity index is -0.0000000750. The van der Waals surface area contributed by atoms with Crippen molar-refractivity contribution in [2.75, 3.05) is 0 Å². The molecule has 5 N–H and O–H groups in total. The molecule has 8 heavy (non-hydrogen) atoms. The molecular formula is H5CrCuNO5. The summed E-state index contributed by atoms with van der Waals surface area (Å²) >= 11 is -5.25. The fourth-order valence-electron chi connectivity index (χ4n) is 0. The van der Waals surface area contributed by atoms with Crippen LogP contribution in [0, 0.1) is 0 Å². The van der Waals surface area contributed by atoms with Crippen LogP contribution in [-0.4, -0.2) is 13.5 Å². The molecule has 0 atom stereocenters. The van der Waals surface area contributed by atoms with Gasteiger partial charge in [-0.25, -0.2) is 5.90 Å². The summed E-state index contributed by atoms with van der Waals surface area (Å²) in [6.45, 7) is 0. The van der Waals surface area contributed by atoms with Crippen LogP contribution >= 0.6 is 0 Å². The van der Waals surface area contributed by atoms with Crippen LogP contribution in [0.25, 0.3) is 0 Å². The average molecular weight is 215 g/mol. The minimum absolute atomic E-state index is 0. The van der Waals surface area contributed by atoms with Crippen LogP contribution in [0.3, 0.4) is 0 Å². The molecule has 0 aromatic heterocycles. The first-order valence-corrected chi connectivity index (χ1v) is 3.14. The zero-order valence-corrected chi connectivity index (χ0v) is 5.66. The molecule has 0 heterocycles. The Morgan fingerprint density at radius 2 is 1.12 bits per heavy atom. The first kappa shape index (κ1) is 15.8. The van der Waals surface area contributed by atoms with E-state index in [0.717, 1.165) is 0 Å². The fraction of sp³-hybridized carbons (Fsp3) is 0. The third-order valence-electron chi connectivity index (χ3n) is 0. The molecule has 0 aliphatic rings. The molecule has 0 spiro atoms. The third kappa shape index (κ3) is 809. The zero-order valence-electron chi connectivity index (χ0n) is 3.45. The Bertz CT molecular complexity index is 95.6. The van der Waals surface area contributed by atoms with Crippen molar-refractivity contribution < 1.29 is 51.8 Å². The molecule has 0 rings (SSSR count). The summed E-state index contributed by atoms with van der Waals surface area (Å²) in [5.74, 6) is 3.50. The van der Waals surface area contributed by atoms with Crippen molar-refractivity contribution in [2.45, 2.75) is 0 Å². The number of hydrogen-bond acceptors (Lipinski definition) is 4. The summed E-state index contributed by atoms with van der Waals surface area (Å²) in [6, 6.07) is 0. The summed E-state index contributed by atoms with van der Waals surface area (Å²) < 4.78 is 31.9. The molecule has 1 radical (unpaired) electrons. The molecular weight excluding hydrogens is 210 g/mol. The monoisotopic (exact) mass is 214 g/mol. The quantitative estimate of drug-likeness (QED) is 0.273. The zero-order chi connectivity index (χ0) is 6.50. The van der Waals surface area contributed by atoms with E-state index in [1.54, 1.807) is 0 Å². The molecule has 0 aliphatic carbocycles. The van der Waals surface area contributed by atoms with E-state index in [2.05, 4.69) is 5.90 Å². The summed E-state index contributed by atoms with van der Waals surface area (Å²) in [7, 11) is 0. The van der Waals surface area contributed by atoms with Gasteiger partial charge in [0.25, 0.3) is 0 Å². The number of rotatable bonds is 0. The molecule has 0 aromatic rings. The van der Waals surface area contributed by atoms with Crippen molar-refractivity contribution in [1.82, 2.24) is 0 Å². The first-order chi connectivity index (χ1) is 3.00. The second kappa shape index (κ2) is 7.49. The van der Waals surface area contributed by atoms with Gasteiger partial charge in [-0.3, -0.25) is 0 Å². The van der Waals surface area contributed by atoms with Crippen LogP contribution in [0.5, 0.6) is 0 Å². The van der Waals surface area contributed by atoms with Crippen molar-refractivity contribution in [2.24, 2.45) is 5.90 Å². The van der Waals surface area contributed by atoms with E-state index < -0.39 is 13.6 Å². The van der Waals surface area contributed by atoms with E-state index in [4.69, 9.17) is 21.1 Å². The molecule has 8 heteroatoms. The van der Waals surface area contributed by atoms with Crippen LogP contribution in [0.15, 0.2) is 0 Å². The number of hydrogen-bond donors (Lipinski definition) is 4. The van der Waals surface area contributed by atoms with E-state index in [0.29, 0.717) is 0 Å². The topological polar surface area (TPSA) is 121 Å². The molecule has 0 aliphatic heterocycles. The predicted molar refractivity (Wildman–Crippen MR) is 11.8 cm³/mol. The average Bonchev–Trinajstić information content (AvgIpc) is 1.36. The molecule has 0 unspecified atom stereocenters. The van der Waals surface area contributed by atoms with Gasteiger partial charge >= 0.3 is 29.5 Å². The van der Waals surface area contributed by atoms with Crippen LogP contribution in [0.2, 0.25) is 0 Å². The molecule has 0 amide bonds. The van der Waals surface area contributed by atoms with Crippen LogP contribution in [0.4, 0.5) is 0 Å². The summed E-state index contributed by atoms with van der Waals surface area (Å²) in [5.41, 5.74) is 0. The van der Waals surface area contributed by atoms with E-state index in [1.165, 1.54) is 0 Å². The van der Waals surface area contributed by atoms with Crippen LogP contribution < -0.4 is 5.90 Å². The van der Waals surface area contributed by atoms with Crippen LogP contribution in [0.1, 0.15) is 0 Å². The summed E-state index contributed by atoms with van der Waals surface area (Å²) in [4.78, 5) is 0. The maximum absolute atomic E-state index is 8.82. The van der Waals surface area contributed by atoms with Gasteiger partial charge < -0.3 is 5.21 Å². The minimum atomic E-state index is -5.25. The first-order valence-electron chi connectivity index (χ1n) is 0.957. The van der Waals surface area contributed by atoms with Crippen LogP contribution in [-0.2, 0) is 38.3 Å². The molecule has 0 fully saturated rings. The van der Waals surface area contributed by atoms with Gasteiger partial charge in [0.05, 0.1) is 0 Å². The fourth-order valence-corrected chi connectivity index (χ4v) is 0. The molecule has 0 saturated carbocycles. The van der Waals surface area contributed by atoms with E-state index >= 15 is 0 Å². The predicted octanol–water partition coefficient (Wildman–Crippen LogP) is -2.02. The number of nitrogens with two attached hydrogens (primary N) is 1. The van der Waals surface area contributed by atoms with Gasteiger partial charge in [-0.05, 0) is 0 Å². The van der Waals surface area contributed by atoms with Gasteiger partial charge in [0.2, 0.25) is 0 Å². The standard InChI is InChI=1S/Cr.Cu.H3NO.2H2O.2O/c;;1-2;;;;/h;;2H,1H2;2*1H2;;/q+2;;;;;;/p-2. The summed E-state index contributed by atoms with van der Waals surface area (Å²) in [5, 5.41) is 6.50. The molecule has 57 valence electrons. The van der Waals surface area contributed by atoms with Crippen molar-refractivity contribution >= 4 is 0 Å². The Kier molecular flexibility index (Phi) is 14.8. The van der Waals surface area contributed by atoms with Gasteiger partial charge in [0.15, 0.2) is 0 Å². The van der Waals surface area contributed by atoms with E-state index in [-0.39, 0.29) is 17.1 Å². The molecule has 0 aromatic carbocycles. The maximum atomic E-state index is 8.82. The second-order valence-electron chi connectivity index (χ2n) is 0.448. The van der Waals surface area contributed by atoms with E-state index in [9.17, 15) is 0 Å². The van der Waals surface area contributed by atoms with Crippen molar-refractivity contribution in [3.8, 4) is 0 Å². The van der Waals surface area contributed by atoms with Crippen molar-refractivity contribution in [3.05, 3.63) is 0 Å². The van der Waals surface area contributed by atoms with E-state index in [1.807, 2.05) is 0 Å².